The van der Waals surface area contributed by atoms with Crippen LogP contribution in [0.4, 0.5) is 11.5 Å². The van der Waals surface area contributed by atoms with Crippen molar-refractivity contribution in [1.29, 1.82) is 0 Å². The molecule has 1 N–H and O–H groups in total. The Bertz CT molecular complexity index is 1180. The number of nitrogens with zero attached hydrogens (tertiary/aromatic N) is 2. The number of hydrogen-bond donors (Lipinski definition) is 1. The van der Waals surface area contributed by atoms with E-state index in [4.69, 9.17) is 5.10 Å². The van der Waals surface area contributed by atoms with Gasteiger partial charge in [0.15, 0.2) is 11.6 Å². The van der Waals surface area contributed by atoms with Gasteiger partial charge in [0.2, 0.25) is 0 Å². The van der Waals surface area contributed by atoms with Crippen molar-refractivity contribution in [1.82, 2.24) is 9.78 Å². The summed E-state index contributed by atoms with van der Waals surface area (Å²) >= 11 is 3.01. The minimum absolute atomic E-state index is 0.00380. The lowest BCUT2D eigenvalue weighted by atomic mass is 10.1. The van der Waals surface area contributed by atoms with E-state index in [0.29, 0.717) is 0 Å². The zero-order valence-corrected chi connectivity index (χ0v) is 16.3. The Hall–Kier alpha value is -3.09. The molecule has 0 spiro atoms. The SMILES string of the molecule is O=C(/C=C1/Sc2ccccc2-c2cc(Nc3ccccc3)nn21)c1cccs1. The summed E-state index contributed by atoms with van der Waals surface area (Å²) in [5.41, 5.74) is 3.05. The Morgan fingerprint density at radius 2 is 1.82 bits per heavy atom. The molecule has 4 nitrogen and oxygen atoms in total. The molecule has 0 fully saturated rings. The second kappa shape index (κ2) is 7.14. The molecule has 2 aromatic carbocycles. The van der Waals surface area contributed by atoms with Crippen molar-refractivity contribution in [3.05, 3.63) is 89.1 Å². The van der Waals surface area contributed by atoms with Crippen molar-refractivity contribution in [2.75, 3.05) is 5.32 Å². The fourth-order valence-electron chi connectivity index (χ4n) is 3.09. The molecule has 0 bridgehead atoms. The first kappa shape index (κ1) is 17.0. The van der Waals surface area contributed by atoms with Crippen LogP contribution < -0.4 is 5.32 Å². The number of anilines is 2. The van der Waals surface area contributed by atoms with E-state index in [2.05, 4.69) is 17.4 Å². The highest BCUT2D eigenvalue weighted by atomic mass is 32.2. The summed E-state index contributed by atoms with van der Waals surface area (Å²) < 4.78 is 1.85. The van der Waals surface area contributed by atoms with E-state index in [9.17, 15) is 4.79 Å². The Kier molecular flexibility index (Phi) is 4.35. The Morgan fingerprint density at radius 3 is 2.64 bits per heavy atom. The van der Waals surface area contributed by atoms with Crippen LogP contribution in [0.3, 0.4) is 0 Å². The highest BCUT2D eigenvalue weighted by Crippen LogP contribution is 2.45. The molecule has 1 aliphatic rings. The largest absolute Gasteiger partial charge is 0.339 e. The summed E-state index contributed by atoms with van der Waals surface area (Å²) in [6, 6.07) is 23.9. The number of carbonyl (C=O) groups excluding carboxylic acids is 1. The molecule has 3 heterocycles. The van der Waals surface area contributed by atoms with Gasteiger partial charge in [0.25, 0.3) is 0 Å². The highest BCUT2D eigenvalue weighted by molar-refractivity contribution is 8.08. The minimum atomic E-state index is -0.00380. The fourth-order valence-corrected chi connectivity index (χ4v) is 4.77. The summed E-state index contributed by atoms with van der Waals surface area (Å²) in [6.07, 6.45) is 1.68. The number of nitrogens with one attached hydrogen (secondary N) is 1. The molecule has 0 amide bonds. The van der Waals surface area contributed by atoms with E-state index in [1.807, 2.05) is 70.7 Å². The van der Waals surface area contributed by atoms with Gasteiger partial charge in [0.1, 0.15) is 5.03 Å². The molecule has 0 aliphatic carbocycles. The number of allylic oxidation sites excluding steroid dienone is 1. The number of thiophene rings is 1. The molecular weight excluding hydrogens is 386 g/mol. The molecule has 6 heteroatoms. The van der Waals surface area contributed by atoms with Crippen molar-refractivity contribution in [3.63, 3.8) is 0 Å². The predicted octanol–water partition coefficient (Wildman–Crippen LogP) is 6.14. The Balaban J connectivity index is 1.58. The van der Waals surface area contributed by atoms with E-state index in [-0.39, 0.29) is 5.78 Å². The third-order valence-electron chi connectivity index (χ3n) is 4.36. The van der Waals surface area contributed by atoms with Gasteiger partial charge in [0, 0.05) is 28.3 Å². The number of thioether (sulfide) groups is 1. The predicted molar refractivity (Wildman–Crippen MR) is 116 cm³/mol. The first-order chi connectivity index (χ1) is 13.8. The van der Waals surface area contributed by atoms with Gasteiger partial charge in [-0.15, -0.1) is 16.4 Å². The zero-order valence-electron chi connectivity index (χ0n) is 14.7. The summed E-state index contributed by atoms with van der Waals surface area (Å²) in [4.78, 5) is 14.5. The monoisotopic (exact) mass is 401 g/mol. The number of para-hydroxylation sites is 1. The average molecular weight is 402 g/mol. The van der Waals surface area contributed by atoms with Crippen LogP contribution in [-0.2, 0) is 0 Å². The van der Waals surface area contributed by atoms with Crippen LogP contribution in [0.15, 0.2) is 89.1 Å². The van der Waals surface area contributed by atoms with Gasteiger partial charge in [-0.05, 0) is 29.6 Å². The van der Waals surface area contributed by atoms with Crippen LogP contribution in [0, 0.1) is 0 Å². The van der Waals surface area contributed by atoms with Gasteiger partial charge in [-0.25, -0.2) is 4.68 Å². The third kappa shape index (κ3) is 3.17. The molecular formula is C22H15N3OS2. The van der Waals surface area contributed by atoms with Crippen molar-refractivity contribution < 1.29 is 4.79 Å². The first-order valence-electron chi connectivity index (χ1n) is 8.77. The molecule has 1 aliphatic heterocycles. The van der Waals surface area contributed by atoms with Gasteiger partial charge in [-0.1, -0.05) is 54.2 Å². The smallest absolute Gasteiger partial charge is 0.198 e. The van der Waals surface area contributed by atoms with Crippen molar-refractivity contribution in [2.24, 2.45) is 0 Å². The quantitative estimate of drug-likeness (QED) is 0.329. The number of rotatable bonds is 4. The normalized spacial score (nSPS) is 13.8. The highest BCUT2D eigenvalue weighted by Gasteiger charge is 2.23. The number of carbonyl (C=O) groups is 1. The number of benzene rings is 2. The zero-order chi connectivity index (χ0) is 18.9. The molecule has 4 aromatic rings. The van der Waals surface area contributed by atoms with E-state index in [0.717, 1.165) is 37.6 Å². The maximum Gasteiger partial charge on any atom is 0.198 e. The Labute approximate surface area is 170 Å². The summed E-state index contributed by atoms with van der Waals surface area (Å²) in [6.45, 7) is 0. The lowest BCUT2D eigenvalue weighted by Gasteiger charge is -2.19. The standard InChI is InChI=1S/C22H15N3OS2/c26-18(20-11-6-12-27-20)14-22-25-17(16-9-4-5-10-19(16)28-22)13-21(24-25)23-15-7-2-1-3-8-15/h1-14H,(H,23,24)/b22-14+. The molecule has 2 aromatic heterocycles. The van der Waals surface area contributed by atoms with Gasteiger partial charge in [-0.2, -0.15) is 0 Å². The molecule has 0 radical (unpaired) electrons. The van der Waals surface area contributed by atoms with E-state index in [1.165, 1.54) is 11.3 Å². The van der Waals surface area contributed by atoms with Crippen LogP contribution in [-0.4, -0.2) is 15.6 Å². The van der Waals surface area contributed by atoms with Crippen LogP contribution in [0.5, 0.6) is 0 Å². The van der Waals surface area contributed by atoms with Crippen LogP contribution in [0.2, 0.25) is 0 Å². The van der Waals surface area contributed by atoms with Crippen molar-refractivity contribution in [3.8, 4) is 11.3 Å². The maximum absolute atomic E-state index is 12.7. The molecule has 5 rings (SSSR count). The topological polar surface area (TPSA) is 46.9 Å². The van der Waals surface area contributed by atoms with Gasteiger partial charge < -0.3 is 5.32 Å². The van der Waals surface area contributed by atoms with Gasteiger partial charge in [0.05, 0.1) is 10.6 Å². The number of aromatic nitrogens is 2. The van der Waals surface area contributed by atoms with Crippen LogP contribution >= 0.6 is 23.1 Å². The van der Waals surface area contributed by atoms with Gasteiger partial charge >= 0.3 is 0 Å². The van der Waals surface area contributed by atoms with E-state index in [1.54, 1.807) is 17.8 Å². The van der Waals surface area contributed by atoms with Crippen molar-refractivity contribution >= 4 is 45.4 Å². The van der Waals surface area contributed by atoms with Crippen LogP contribution in [0.1, 0.15) is 9.67 Å². The average Bonchev–Trinajstić information content (AvgIpc) is 3.39. The molecule has 28 heavy (non-hydrogen) atoms. The van der Waals surface area contributed by atoms with Crippen molar-refractivity contribution in [2.45, 2.75) is 4.90 Å². The summed E-state index contributed by atoms with van der Waals surface area (Å²) in [7, 11) is 0. The third-order valence-corrected chi connectivity index (χ3v) is 6.32. The van der Waals surface area contributed by atoms with E-state index < -0.39 is 0 Å². The summed E-state index contributed by atoms with van der Waals surface area (Å²) in [5, 5.41) is 10.8. The molecule has 0 unspecified atom stereocenters. The lowest BCUT2D eigenvalue weighted by molar-refractivity contribution is 0.105. The summed E-state index contributed by atoms with van der Waals surface area (Å²) in [5.74, 6) is 0.740. The number of hydrogen-bond acceptors (Lipinski definition) is 5. The fraction of sp³-hybridized carbons (Fsp3) is 0. The molecule has 0 atom stereocenters. The molecule has 136 valence electrons. The second-order valence-corrected chi connectivity index (χ2v) is 8.25. The minimum Gasteiger partial charge on any atom is -0.339 e. The van der Waals surface area contributed by atoms with Gasteiger partial charge in [-0.3, -0.25) is 4.79 Å². The van der Waals surface area contributed by atoms with E-state index >= 15 is 0 Å². The second-order valence-electron chi connectivity index (χ2n) is 6.24. The maximum atomic E-state index is 12.7. The first-order valence-corrected chi connectivity index (χ1v) is 10.5. The lowest BCUT2D eigenvalue weighted by Crippen LogP contribution is -2.06. The molecule has 0 saturated carbocycles. The number of fused-ring (bicyclic) bond motifs is 3. The Morgan fingerprint density at radius 1 is 1.00 bits per heavy atom. The number of ketones is 1. The molecule has 0 saturated heterocycles. The van der Waals surface area contributed by atoms with Crippen LogP contribution in [0.25, 0.3) is 16.3 Å².